The zero-order chi connectivity index (χ0) is 13.3. The van der Waals surface area contributed by atoms with Gasteiger partial charge in [0.2, 0.25) is 0 Å². The van der Waals surface area contributed by atoms with Gasteiger partial charge in [-0.05, 0) is 13.8 Å². The van der Waals surface area contributed by atoms with E-state index < -0.39 is 10.0 Å². The number of imidazole rings is 1. The van der Waals surface area contributed by atoms with Crippen LogP contribution in [0.25, 0.3) is 0 Å². The van der Waals surface area contributed by atoms with Gasteiger partial charge in [0.15, 0.2) is 5.03 Å². The lowest BCUT2D eigenvalue weighted by atomic mass is 10.3. The number of rotatable bonds is 3. The molecule has 1 N–H and O–H groups in total. The van der Waals surface area contributed by atoms with Crippen LogP contribution in [0, 0.1) is 0 Å². The average molecular weight is 273 g/mol. The Balaban J connectivity index is 2.25. The molecule has 2 atom stereocenters. The molecule has 0 saturated carbocycles. The second kappa shape index (κ2) is 4.99. The maximum Gasteiger partial charge on any atom is 0.260 e. The molecule has 1 fully saturated rings. The van der Waals surface area contributed by atoms with Crippen LogP contribution >= 0.6 is 0 Å². The first-order chi connectivity index (χ1) is 8.43. The van der Waals surface area contributed by atoms with E-state index in [9.17, 15) is 8.42 Å². The first-order valence-electron chi connectivity index (χ1n) is 6.13. The lowest BCUT2D eigenvalue weighted by molar-refractivity contribution is -0.0441. The predicted octanol–water partition coefficient (Wildman–Crippen LogP) is 0.770. The summed E-state index contributed by atoms with van der Waals surface area (Å²) in [4.78, 5) is 6.89. The van der Waals surface area contributed by atoms with Gasteiger partial charge < -0.3 is 9.72 Å². The van der Waals surface area contributed by atoms with E-state index in [2.05, 4.69) is 9.97 Å². The zero-order valence-electron chi connectivity index (χ0n) is 10.9. The Morgan fingerprint density at radius 3 is 2.56 bits per heavy atom. The minimum absolute atomic E-state index is 0.0860. The molecule has 1 aliphatic heterocycles. The van der Waals surface area contributed by atoms with Crippen molar-refractivity contribution < 1.29 is 13.2 Å². The quantitative estimate of drug-likeness (QED) is 0.882. The number of ether oxygens (including phenoxy) is 1. The molecule has 1 aromatic rings. The summed E-state index contributed by atoms with van der Waals surface area (Å²) >= 11 is 0. The number of aryl methyl sites for hydroxylation is 1. The van der Waals surface area contributed by atoms with Crippen LogP contribution in [-0.2, 0) is 21.2 Å². The summed E-state index contributed by atoms with van der Waals surface area (Å²) < 4.78 is 31.8. The van der Waals surface area contributed by atoms with Crippen molar-refractivity contribution in [1.82, 2.24) is 14.3 Å². The topological polar surface area (TPSA) is 75.3 Å². The molecular formula is C11H19N3O3S. The van der Waals surface area contributed by atoms with Crippen molar-refractivity contribution in [1.29, 1.82) is 0 Å². The number of hydrogen-bond acceptors (Lipinski definition) is 4. The van der Waals surface area contributed by atoms with Crippen molar-refractivity contribution in [2.75, 3.05) is 13.1 Å². The molecule has 0 spiro atoms. The highest BCUT2D eigenvalue weighted by molar-refractivity contribution is 7.89. The number of nitrogens with zero attached hydrogens (tertiary/aromatic N) is 2. The first-order valence-corrected chi connectivity index (χ1v) is 7.57. The lowest BCUT2D eigenvalue weighted by Gasteiger charge is -2.33. The largest absolute Gasteiger partial charge is 0.373 e. The fraction of sp³-hybridized carbons (Fsp3) is 0.727. The summed E-state index contributed by atoms with van der Waals surface area (Å²) in [5.41, 5.74) is 0. The molecule has 2 rings (SSSR count). The monoisotopic (exact) mass is 273 g/mol. The molecular weight excluding hydrogens is 254 g/mol. The van der Waals surface area contributed by atoms with Crippen LogP contribution in [0.2, 0.25) is 0 Å². The summed E-state index contributed by atoms with van der Waals surface area (Å²) in [6.07, 6.45) is 1.90. The molecule has 2 heterocycles. The van der Waals surface area contributed by atoms with E-state index in [1.807, 2.05) is 20.8 Å². The Kier molecular flexibility index (Phi) is 3.74. The molecule has 2 unspecified atom stereocenters. The van der Waals surface area contributed by atoms with Gasteiger partial charge in [0.25, 0.3) is 10.0 Å². The van der Waals surface area contributed by atoms with Gasteiger partial charge in [-0.25, -0.2) is 13.4 Å². The van der Waals surface area contributed by atoms with Crippen LogP contribution in [0.5, 0.6) is 0 Å². The number of nitrogens with one attached hydrogen (secondary N) is 1. The van der Waals surface area contributed by atoms with Crippen molar-refractivity contribution >= 4 is 10.0 Å². The Hall–Kier alpha value is -0.920. The van der Waals surface area contributed by atoms with Crippen LogP contribution in [0.3, 0.4) is 0 Å². The zero-order valence-corrected chi connectivity index (χ0v) is 11.7. The summed E-state index contributed by atoms with van der Waals surface area (Å²) in [5.74, 6) is 0.683. The second-order valence-corrected chi connectivity index (χ2v) is 6.53. The maximum absolute atomic E-state index is 12.4. The van der Waals surface area contributed by atoms with Crippen LogP contribution < -0.4 is 0 Å². The van der Waals surface area contributed by atoms with Crippen LogP contribution in [-0.4, -0.2) is 48.0 Å². The molecule has 0 radical (unpaired) electrons. The number of aromatic amines is 1. The van der Waals surface area contributed by atoms with E-state index in [1.54, 1.807) is 0 Å². The van der Waals surface area contributed by atoms with Gasteiger partial charge in [-0.15, -0.1) is 0 Å². The standard InChI is InChI=1S/C11H19N3O3S/c1-4-10-12-5-11(13-10)18(15,16)14-6-8(2)17-9(3)7-14/h5,8-9H,4,6-7H2,1-3H3,(H,12,13). The van der Waals surface area contributed by atoms with Gasteiger partial charge in [0.05, 0.1) is 18.4 Å². The van der Waals surface area contributed by atoms with Gasteiger partial charge in [0.1, 0.15) is 5.82 Å². The number of morpholine rings is 1. The molecule has 7 heteroatoms. The highest BCUT2D eigenvalue weighted by Crippen LogP contribution is 2.19. The van der Waals surface area contributed by atoms with Crippen molar-refractivity contribution in [3.63, 3.8) is 0 Å². The highest BCUT2D eigenvalue weighted by Gasteiger charge is 2.33. The van der Waals surface area contributed by atoms with E-state index in [1.165, 1.54) is 10.5 Å². The van der Waals surface area contributed by atoms with E-state index in [0.717, 1.165) is 0 Å². The average Bonchev–Trinajstić information content (AvgIpc) is 2.76. The van der Waals surface area contributed by atoms with Crippen LogP contribution in [0.1, 0.15) is 26.6 Å². The molecule has 18 heavy (non-hydrogen) atoms. The fourth-order valence-electron chi connectivity index (χ4n) is 2.12. The van der Waals surface area contributed by atoms with E-state index in [0.29, 0.717) is 25.3 Å². The van der Waals surface area contributed by atoms with Gasteiger partial charge >= 0.3 is 0 Å². The summed E-state index contributed by atoms with van der Waals surface area (Å²) in [6, 6.07) is 0. The minimum Gasteiger partial charge on any atom is -0.373 e. The van der Waals surface area contributed by atoms with Crippen molar-refractivity contribution in [3.8, 4) is 0 Å². The molecule has 0 amide bonds. The third-order valence-electron chi connectivity index (χ3n) is 2.94. The molecule has 0 bridgehead atoms. The Morgan fingerprint density at radius 2 is 2.06 bits per heavy atom. The smallest absolute Gasteiger partial charge is 0.260 e. The summed E-state index contributed by atoms with van der Waals surface area (Å²) in [6.45, 7) is 6.44. The first kappa shape index (κ1) is 13.5. The van der Waals surface area contributed by atoms with Crippen molar-refractivity contribution in [2.24, 2.45) is 0 Å². The van der Waals surface area contributed by atoms with E-state index >= 15 is 0 Å². The second-order valence-electron chi connectivity index (χ2n) is 4.63. The van der Waals surface area contributed by atoms with Gasteiger partial charge in [-0.1, -0.05) is 6.92 Å². The maximum atomic E-state index is 12.4. The molecule has 1 aromatic heterocycles. The Labute approximate surface area is 107 Å². The van der Waals surface area contributed by atoms with Gasteiger partial charge in [-0.2, -0.15) is 4.31 Å². The molecule has 0 aliphatic carbocycles. The number of H-pyrrole nitrogens is 1. The van der Waals surface area contributed by atoms with Crippen LogP contribution in [0.15, 0.2) is 11.2 Å². The molecule has 0 aromatic carbocycles. The number of aromatic nitrogens is 2. The van der Waals surface area contributed by atoms with Crippen molar-refractivity contribution in [3.05, 3.63) is 12.0 Å². The summed E-state index contributed by atoms with van der Waals surface area (Å²) in [7, 11) is -3.48. The van der Waals surface area contributed by atoms with Crippen molar-refractivity contribution in [2.45, 2.75) is 44.4 Å². The molecule has 1 saturated heterocycles. The number of sulfonamides is 1. The minimum atomic E-state index is -3.48. The molecule has 6 nitrogen and oxygen atoms in total. The van der Waals surface area contributed by atoms with E-state index in [-0.39, 0.29) is 17.2 Å². The predicted molar refractivity (Wildman–Crippen MR) is 66.7 cm³/mol. The summed E-state index contributed by atoms with van der Waals surface area (Å²) in [5, 5.41) is 0.167. The number of hydrogen-bond donors (Lipinski definition) is 1. The van der Waals surface area contributed by atoms with Gasteiger partial charge in [0, 0.05) is 19.5 Å². The molecule has 1 aliphatic rings. The Morgan fingerprint density at radius 1 is 1.44 bits per heavy atom. The highest BCUT2D eigenvalue weighted by atomic mass is 32.2. The fourth-order valence-corrected chi connectivity index (χ4v) is 3.64. The molecule has 102 valence electrons. The third kappa shape index (κ3) is 2.57. The normalized spacial score (nSPS) is 26.4. The lowest BCUT2D eigenvalue weighted by Crippen LogP contribution is -2.48. The van der Waals surface area contributed by atoms with Crippen LogP contribution in [0.4, 0.5) is 0 Å². The van der Waals surface area contributed by atoms with E-state index in [4.69, 9.17) is 4.74 Å². The SMILES string of the molecule is CCc1ncc(S(=O)(=O)N2CC(C)OC(C)C2)[nH]1. The third-order valence-corrected chi connectivity index (χ3v) is 4.69. The van der Waals surface area contributed by atoms with Gasteiger partial charge in [-0.3, -0.25) is 0 Å². The Bertz CT molecular complexity index is 501.